The molecule has 0 aliphatic carbocycles. The van der Waals surface area contributed by atoms with Crippen LogP contribution in [-0.2, 0) is 29.1 Å². The van der Waals surface area contributed by atoms with Crippen molar-refractivity contribution in [1.29, 1.82) is 0 Å². The van der Waals surface area contributed by atoms with Crippen LogP contribution in [0.5, 0.6) is 0 Å². The van der Waals surface area contributed by atoms with Gasteiger partial charge in [0.15, 0.2) is 5.75 Å². The van der Waals surface area contributed by atoms with Gasteiger partial charge in [-0.25, -0.2) is 13.1 Å². The molecule has 0 rings (SSSR count). The molecule has 0 aromatic rings. The van der Waals surface area contributed by atoms with Crippen LogP contribution in [0.3, 0.4) is 0 Å². The van der Waals surface area contributed by atoms with E-state index < -0.39 is 46.7 Å². The molecular formula is C7H12N2O7S. The van der Waals surface area contributed by atoms with Gasteiger partial charge in [-0.15, -0.1) is 0 Å². The molecule has 0 bridgehead atoms. The average Bonchev–Trinajstić information content (AvgIpc) is 2.22. The van der Waals surface area contributed by atoms with Gasteiger partial charge in [-0.05, 0) is 0 Å². The quantitative estimate of drug-likeness (QED) is 0.426. The van der Waals surface area contributed by atoms with Crippen LogP contribution in [0.25, 0.3) is 0 Å². The molecule has 0 radical (unpaired) electrons. The van der Waals surface area contributed by atoms with E-state index in [1.165, 1.54) is 0 Å². The zero-order valence-electron chi connectivity index (χ0n) is 8.93. The Balaban J connectivity index is 4.05. The normalized spacial score (nSPS) is 10.6. The first-order chi connectivity index (χ1) is 7.76. The maximum atomic E-state index is 11.1. The van der Waals surface area contributed by atoms with E-state index in [2.05, 4.69) is 4.74 Å². The van der Waals surface area contributed by atoms with Gasteiger partial charge in [0.25, 0.3) is 0 Å². The van der Waals surface area contributed by atoms with E-state index in [1.54, 1.807) is 0 Å². The number of hydrogen-bond donors (Lipinski definition) is 3. The van der Waals surface area contributed by atoms with Gasteiger partial charge in [-0.3, -0.25) is 14.4 Å². The van der Waals surface area contributed by atoms with Crippen molar-refractivity contribution in [2.75, 3.05) is 26.0 Å². The minimum Gasteiger partial charge on any atom is -0.480 e. The lowest BCUT2D eigenvalue weighted by atomic mass is 10.5. The van der Waals surface area contributed by atoms with Gasteiger partial charge < -0.3 is 15.2 Å². The molecule has 1 amide bonds. The summed E-state index contributed by atoms with van der Waals surface area (Å²) in [6.45, 7) is -1.26. The van der Waals surface area contributed by atoms with Crippen molar-refractivity contribution in [3.63, 3.8) is 0 Å². The van der Waals surface area contributed by atoms with Gasteiger partial charge in [0.05, 0.1) is 13.7 Å². The van der Waals surface area contributed by atoms with Crippen molar-refractivity contribution in [3.8, 4) is 0 Å². The smallest absolute Gasteiger partial charge is 0.322 e. The number of carbonyl (C=O) groups excluding carboxylic acids is 2. The fourth-order valence-electron chi connectivity index (χ4n) is 0.677. The maximum absolute atomic E-state index is 11.1. The number of hydrogen-bond acceptors (Lipinski definition) is 6. The molecule has 0 aromatic carbocycles. The third-order valence-electron chi connectivity index (χ3n) is 1.42. The molecule has 0 unspecified atom stereocenters. The molecule has 0 atom stereocenters. The molecule has 0 spiro atoms. The van der Waals surface area contributed by atoms with E-state index in [0.717, 1.165) is 7.11 Å². The van der Waals surface area contributed by atoms with E-state index in [0.29, 0.717) is 0 Å². The van der Waals surface area contributed by atoms with E-state index >= 15 is 0 Å². The second-order valence-electron chi connectivity index (χ2n) is 2.83. The zero-order valence-corrected chi connectivity index (χ0v) is 9.74. The first-order valence-electron chi connectivity index (χ1n) is 4.29. The zero-order chi connectivity index (χ0) is 13.5. The molecule has 0 fully saturated rings. The molecule has 0 aromatic heterocycles. The summed E-state index contributed by atoms with van der Waals surface area (Å²) in [6.07, 6.45) is 0. The monoisotopic (exact) mass is 268 g/mol. The molecule has 0 aliphatic rings. The molecular weight excluding hydrogens is 256 g/mol. The number of carbonyl (C=O) groups is 3. The number of carboxylic acids is 1. The molecule has 0 saturated carbocycles. The highest BCUT2D eigenvalue weighted by atomic mass is 32.2. The second-order valence-corrected chi connectivity index (χ2v) is 4.63. The van der Waals surface area contributed by atoms with Gasteiger partial charge in [-0.1, -0.05) is 0 Å². The van der Waals surface area contributed by atoms with Crippen molar-refractivity contribution >= 4 is 27.9 Å². The molecule has 9 nitrogen and oxygen atoms in total. The minimum atomic E-state index is -3.96. The Labute approximate surface area is 97.2 Å². The average molecular weight is 268 g/mol. The highest BCUT2D eigenvalue weighted by molar-refractivity contribution is 7.90. The van der Waals surface area contributed by atoms with Crippen LogP contribution in [0.1, 0.15) is 0 Å². The molecule has 10 heteroatoms. The largest absolute Gasteiger partial charge is 0.480 e. The second kappa shape index (κ2) is 6.81. The Morgan fingerprint density at radius 3 is 2.29 bits per heavy atom. The number of ether oxygens (including phenoxy) is 1. The fraction of sp³-hybridized carbons (Fsp3) is 0.571. The molecule has 0 heterocycles. The number of carboxylic acid groups (broad SMARTS) is 1. The molecule has 3 N–H and O–H groups in total. The van der Waals surface area contributed by atoms with Gasteiger partial charge in [-0.2, -0.15) is 0 Å². The Kier molecular flexibility index (Phi) is 6.13. The van der Waals surface area contributed by atoms with Crippen molar-refractivity contribution in [1.82, 2.24) is 10.0 Å². The fourth-order valence-corrected chi connectivity index (χ4v) is 1.56. The molecule has 17 heavy (non-hydrogen) atoms. The van der Waals surface area contributed by atoms with Crippen molar-refractivity contribution < 1.29 is 32.6 Å². The predicted molar refractivity (Wildman–Crippen MR) is 54.5 cm³/mol. The van der Waals surface area contributed by atoms with Gasteiger partial charge in [0, 0.05) is 0 Å². The van der Waals surface area contributed by atoms with Crippen LogP contribution >= 0.6 is 0 Å². The number of sulfonamides is 1. The highest BCUT2D eigenvalue weighted by Gasteiger charge is 2.17. The van der Waals surface area contributed by atoms with Crippen LogP contribution in [0, 0.1) is 0 Å². The maximum Gasteiger partial charge on any atom is 0.322 e. The summed E-state index contributed by atoms with van der Waals surface area (Å²) in [7, 11) is -2.93. The third-order valence-corrected chi connectivity index (χ3v) is 2.62. The van der Waals surface area contributed by atoms with Crippen LogP contribution < -0.4 is 10.0 Å². The van der Waals surface area contributed by atoms with E-state index in [1.807, 2.05) is 10.0 Å². The van der Waals surface area contributed by atoms with Crippen LogP contribution in [0.2, 0.25) is 0 Å². The minimum absolute atomic E-state index is 0.614. The van der Waals surface area contributed by atoms with E-state index in [-0.39, 0.29) is 0 Å². The van der Waals surface area contributed by atoms with Crippen LogP contribution in [-0.4, -0.2) is 57.3 Å². The van der Waals surface area contributed by atoms with Gasteiger partial charge in [0.2, 0.25) is 15.9 Å². The third kappa shape index (κ3) is 8.16. The van der Waals surface area contributed by atoms with Crippen molar-refractivity contribution in [3.05, 3.63) is 0 Å². The van der Waals surface area contributed by atoms with Crippen molar-refractivity contribution in [2.24, 2.45) is 0 Å². The lowest BCUT2D eigenvalue weighted by Crippen LogP contribution is -2.40. The number of esters is 1. The topological polar surface area (TPSA) is 139 Å². The van der Waals surface area contributed by atoms with E-state index in [4.69, 9.17) is 5.11 Å². The standard InChI is InChI=1S/C7H12N2O7S/c1-16-7(13)4-17(14,15)9-2-5(10)8-3-6(11)12/h9H,2-4H2,1H3,(H,8,10)(H,11,12). The highest BCUT2D eigenvalue weighted by Crippen LogP contribution is 1.86. The SMILES string of the molecule is COC(=O)CS(=O)(=O)NCC(=O)NCC(=O)O. The summed E-state index contributed by atoms with van der Waals surface area (Å²) in [5.74, 6) is -3.95. The summed E-state index contributed by atoms with van der Waals surface area (Å²) < 4.78 is 28.2. The Hall–Kier alpha value is -1.68. The van der Waals surface area contributed by atoms with Gasteiger partial charge >= 0.3 is 11.9 Å². The lowest BCUT2D eigenvalue weighted by molar-refractivity contribution is -0.138. The number of rotatable bonds is 7. The number of aliphatic carboxylic acids is 1. The number of nitrogens with one attached hydrogen (secondary N) is 2. The molecule has 0 saturated heterocycles. The summed E-state index contributed by atoms with van der Waals surface area (Å²) in [5.41, 5.74) is 0. The van der Waals surface area contributed by atoms with Crippen LogP contribution in [0.4, 0.5) is 0 Å². The summed E-state index contributed by atoms with van der Waals surface area (Å²) in [4.78, 5) is 31.7. The Morgan fingerprint density at radius 1 is 1.24 bits per heavy atom. The first-order valence-corrected chi connectivity index (χ1v) is 5.94. The number of methoxy groups -OCH3 is 1. The molecule has 0 aliphatic heterocycles. The van der Waals surface area contributed by atoms with E-state index in [9.17, 15) is 22.8 Å². The predicted octanol–water partition coefficient (Wildman–Crippen LogP) is -2.72. The first kappa shape index (κ1) is 15.3. The van der Waals surface area contributed by atoms with Gasteiger partial charge in [0.1, 0.15) is 6.54 Å². The number of amides is 1. The summed E-state index contributed by atoms with van der Waals surface area (Å²) >= 11 is 0. The Bertz CT molecular complexity index is 402. The summed E-state index contributed by atoms with van der Waals surface area (Å²) in [5, 5.41) is 10.2. The summed E-state index contributed by atoms with van der Waals surface area (Å²) in [6, 6.07) is 0. The van der Waals surface area contributed by atoms with Crippen molar-refractivity contribution in [2.45, 2.75) is 0 Å². The molecule has 98 valence electrons. The Morgan fingerprint density at radius 2 is 1.82 bits per heavy atom. The lowest BCUT2D eigenvalue weighted by Gasteiger charge is -2.05. The van der Waals surface area contributed by atoms with Crippen LogP contribution in [0.15, 0.2) is 0 Å².